The van der Waals surface area contributed by atoms with Gasteiger partial charge in [-0.1, -0.05) is 18.7 Å². The molecule has 0 amide bonds. The number of aliphatic hydroxyl groups excluding tert-OH is 1. The first-order valence-electron chi connectivity index (χ1n) is 7.75. The van der Waals surface area contributed by atoms with Crippen LogP contribution >= 0.6 is 11.8 Å². The normalized spacial score (nSPS) is 20.3. The Hall–Kier alpha value is -0.590. The van der Waals surface area contributed by atoms with E-state index in [2.05, 4.69) is 27.0 Å². The number of aromatic nitrogens is 3. The lowest BCUT2D eigenvalue weighted by atomic mass is 10.2. The van der Waals surface area contributed by atoms with Gasteiger partial charge in [-0.25, -0.2) is 0 Å². The number of nitrogens with zero attached hydrogens (tertiary/aromatic N) is 3. The molecule has 2 saturated carbocycles. The Labute approximate surface area is 124 Å². The molecule has 6 heteroatoms. The van der Waals surface area contributed by atoms with Crippen LogP contribution in [0.25, 0.3) is 0 Å². The Bertz CT molecular complexity index is 442. The molecule has 0 saturated heterocycles. The molecular formula is C14H24N4OS. The van der Waals surface area contributed by atoms with Gasteiger partial charge in [0, 0.05) is 23.8 Å². The lowest BCUT2D eigenvalue weighted by molar-refractivity contribution is 0.241. The van der Waals surface area contributed by atoms with E-state index in [1.165, 1.54) is 31.5 Å². The zero-order valence-electron chi connectivity index (χ0n) is 12.1. The minimum absolute atomic E-state index is 0.202. The molecule has 0 aliphatic heterocycles. The molecule has 1 heterocycles. The molecule has 2 N–H and O–H groups in total. The van der Waals surface area contributed by atoms with Crippen molar-refractivity contribution in [2.24, 2.45) is 0 Å². The van der Waals surface area contributed by atoms with Gasteiger partial charge in [0.15, 0.2) is 5.16 Å². The van der Waals surface area contributed by atoms with Crippen molar-refractivity contribution in [1.29, 1.82) is 0 Å². The van der Waals surface area contributed by atoms with E-state index in [1.807, 2.05) is 0 Å². The van der Waals surface area contributed by atoms with Crippen LogP contribution in [0, 0.1) is 0 Å². The highest BCUT2D eigenvalue weighted by Crippen LogP contribution is 2.46. The van der Waals surface area contributed by atoms with Crippen molar-refractivity contribution in [1.82, 2.24) is 20.1 Å². The van der Waals surface area contributed by atoms with Gasteiger partial charge in [-0.15, -0.1) is 10.2 Å². The molecule has 0 aromatic carbocycles. The van der Waals surface area contributed by atoms with E-state index < -0.39 is 0 Å². The fourth-order valence-electron chi connectivity index (χ4n) is 2.52. The Kier molecular flexibility index (Phi) is 4.63. The Morgan fingerprint density at radius 3 is 2.75 bits per heavy atom. The smallest absolute Gasteiger partial charge is 0.191 e. The van der Waals surface area contributed by atoms with E-state index in [-0.39, 0.29) is 12.6 Å². The predicted octanol–water partition coefficient (Wildman–Crippen LogP) is 1.94. The predicted molar refractivity (Wildman–Crippen MR) is 80.2 cm³/mol. The van der Waals surface area contributed by atoms with Gasteiger partial charge in [0.05, 0.1) is 6.61 Å². The summed E-state index contributed by atoms with van der Waals surface area (Å²) < 4.78 is 2.39. The van der Waals surface area contributed by atoms with Crippen LogP contribution in [0.2, 0.25) is 0 Å². The first-order chi connectivity index (χ1) is 9.83. The average Bonchev–Trinajstić information content (AvgIpc) is 3.37. The second-order valence-corrected chi connectivity index (χ2v) is 6.85. The van der Waals surface area contributed by atoms with Crippen molar-refractivity contribution in [3.63, 3.8) is 0 Å². The van der Waals surface area contributed by atoms with E-state index in [9.17, 15) is 5.11 Å². The Morgan fingerprint density at radius 1 is 1.35 bits per heavy atom. The molecular weight excluding hydrogens is 272 g/mol. The topological polar surface area (TPSA) is 63.0 Å². The quantitative estimate of drug-likeness (QED) is 0.682. The number of nitrogens with one attached hydrogen (secondary N) is 1. The SMILES string of the molecule is CCNC(CO)CCSc1nnc(C2CC2)n1C1CC1. The second kappa shape index (κ2) is 6.45. The molecule has 112 valence electrons. The van der Waals surface area contributed by atoms with Gasteiger partial charge < -0.3 is 15.0 Å². The van der Waals surface area contributed by atoms with E-state index in [0.29, 0.717) is 12.0 Å². The summed E-state index contributed by atoms with van der Waals surface area (Å²) in [5.74, 6) is 2.87. The van der Waals surface area contributed by atoms with Crippen LogP contribution in [0.15, 0.2) is 5.16 Å². The molecule has 2 fully saturated rings. The molecule has 3 rings (SSSR count). The summed E-state index contributed by atoms with van der Waals surface area (Å²) >= 11 is 1.79. The number of rotatable bonds is 9. The monoisotopic (exact) mass is 296 g/mol. The third-order valence-corrected chi connectivity index (χ3v) is 4.93. The van der Waals surface area contributed by atoms with Crippen LogP contribution in [-0.4, -0.2) is 44.8 Å². The van der Waals surface area contributed by atoms with Crippen molar-refractivity contribution in [2.75, 3.05) is 18.9 Å². The maximum Gasteiger partial charge on any atom is 0.191 e. The first-order valence-corrected chi connectivity index (χ1v) is 8.73. The maximum atomic E-state index is 9.29. The van der Waals surface area contributed by atoms with E-state index in [4.69, 9.17) is 0 Å². The minimum Gasteiger partial charge on any atom is -0.395 e. The van der Waals surface area contributed by atoms with Crippen molar-refractivity contribution in [3.05, 3.63) is 5.82 Å². The third-order valence-electron chi connectivity index (χ3n) is 3.96. The number of hydrogen-bond donors (Lipinski definition) is 2. The van der Waals surface area contributed by atoms with Crippen molar-refractivity contribution >= 4 is 11.8 Å². The van der Waals surface area contributed by atoms with Gasteiger partial charge in [0.2, 0.25) is 0 Å². The summed E-state index contributed by atoms with van der Waals surface area (Å²) in [6.45, 7) is 3.18. The van der Waals surface area contributed by atoms with Gasteiger partial charge in [-0.2, -0.15) is 0 Å². The summed E-state index contributed by atoms with van der Waals surface area (Å²) in [4.78, 5) is 0. The molecule has 1 unspecified atom stereocenters. The van der Waals surface area contributed by atoms with Crippen molar-refractivity contribution < 1.29 is 5.11 Å². The second-order valence-electron chi connectivity index (χ2n) is 5.79. The fraction of sp³-hybridized carbons (Fsp3) is 0.857. The van der Waals surface area contributed by atoms with E-state index in [1.54, 1.807) is 11.8 Å². The molecule has 0 spiro atoms. The number of thioether (sulfide) groups is 1. The third kappa shape index (κ3) is 3.35. The summed E-state index contributed by atoms with van der Waals surface area (Å²) in [6.07, 6.45) is 6.08. The molecule has 2 aliphatic carbocycles. The van der Waals surface area contributed by atoms with E-state index >= 15 is 0 Å². The van der Waals surface area contributed by atoms with Crippen LogP contribution in [0.4, 0.5) is 0 Å². The van der Waals surface area contributed by atoms with Gasteiger partial charge in [0.25, 0.3) is 0 Å². The summed E-state index contributed by atoms with van der Waals surface area (Å²) in [7, 11) is 0. The van der Waals surface area contributed by atoms with Crippen LogP contribution < -0.4 is 5.32 Å². The number of likely N-dealkylation sites (N-methyl/N-ethyl adjacent to an activating group) is 1. The minimum atomic E-state index is 0.202. The highest BCUT2D eigenvalue weighted by molar-refractivity contribution is 7.99. The van der Waals surface area contributed by atoms with Crippen LogP contribution in [0.5, 0.6) is 0 Å². The first kappa shape index (κ1) is 14.4. The molecule has 5 nitrogen and oxygen atoms in total. The molecule has 20 heavy (non-hydrogen) atoms. The summed E-state index contributed by atoms with van der Waals surface area (Å²) in [5, 5.41) is 22.5. The summed E-state index contributed by atoms with van der Waals surface area (Å²) in [6, 6.07) is 0.859. The largest absolute Gasteiger partial charge is 0.395 e. The highest BCUT2D eigenvalue weighted by atomic mass is 32.2. The van der Waals surface area contributed by atoms with Crippen LogP contribution in [0.1, 0.15) is 56.8 Å². The molecule has 2 aliphatic rings. The van der Waals surface area contributed by atoms with Gasteiger partial charge in [-0.3, -0.25) is 0 Å². The average molecular weight is 296 g/mol. The summed E-state index contributed by atoms with van der Waals surface area (Å²) in [5.41, 5.74) is 0. The fourth-order valence-corrected chi connectivity index (χ4v) is 3.59. The molecule has 1 atom stereocenters. The molecule has 0 radical (unpaired) electrons. The van der Waals surface area contributed by atoms with Gasteiger partial charge in [-0.05, 0) is 38.6 Å². The zero-order chi connectivity index (χ0) is 13.9. The van der Waals surface area contributed by atoms with Gasteiger partial charge in [0.1, 0.15) is 5.82 Å². The molecule has 1 aromatic heterocycles. The van der Waals surface area contributed by atoms with Crippen molar-refractivity contribution in [3.8, 4) is 0 Å². The standard InChI is InChI=1S/C14H24N4OS/c1-2-15-11(9-19)7-8-20-14-17-16-13(10-3-4-10)18(14)12-5-6-12/h10-12,15,19H,2-9H2,1H3. The number of hydrogen-bond acceptors (Lipinski definition) is 5. The lowest BCUT2D eigenvalue weighted by Gasteiger charge is -2.14. The molecule has 1 aromatic rings. The van der Waals surface area contributed by atoms with Crippen LogP contribution in [0.3, 0.4) is 0 Å². The Morgan fingerprint density at radius 2 is 2.15 bits per heavy atom. The lowest BCUT2D eigenvalue weighted by Crippen LogP contribution is -2.32. The zero-order valence-corrected chi connectivity index (χ0v) is 12.9. The van der Waals surface area contributed by atoms with Gasteiger partial charge >= 0.3 is 0 Å². The molecule has 0 bridgehead atoms. The maximum absolute atomic E-state index is 9.29. The Balaban J connectivity index is 1.57. The highest BCUT2D eigenvalue weighted by Gasteiger charge is 2.36. The van der Waals surface area contributed by atoms with Crippen molar-refractivity contribution in [2.45, 2.75) is 62.2 Å². The van der Waals surface area contributed by atoms with E-state index in [0.717, 1.165) is 23.9 Å². The van der Waals surface area contributed by atoms with Crippen LogP contribution in [-0.2, 0) is 0 Å². The number of aliphatic hydroxyl groups is 1.